The van der Waals surface area contributed by atoms with Gasteiger partial charge in [-0.25, -0.2) is 4.79 Å². The van der Waals surface area contributed by atoms with E-state index in [1.165, 1.54) is 38.3 Å². The molecule has 0 aliphatic carbocycles. The minimum absolute atomic E-state index is 0.145. The summed E-state index contributed by atoms with van der Waals surface area (Å²) in [6, 6.07) is 4.89. The molecule has 1 rings (SSSR count). The topological polar surface area (TPSA) is 35.5 Å². The maximum absolute atomic E-state index is 12.6. The summed E-state index contributed by atoms with van der Waals surface area (Å²) in [5.41, 5.74) is -0.578. The van der Waals surface area contributed by atoms with E-state index in [-0.39, 0.29) is 17.9 Å². The van der Waals surface area contributed by atoms with Gasteiger partial charge >= 0.3 is 12.1 Å². The van der Waals surface area contributed by atoms with E-state index in [9.17, 15) is 18.0 Å². The van der Waals surface area contributed by atoms with Gasteiger partial charge in [-0.2, -0.15) is 13.2 Å². The summed E-state index contributed by atoms with van der Waals surface area (Å²) in [5, 5.41) is 0. The number of hydrogen-bond donors (Lipinski definition) is 0. The number of benzene rings is 1. The Hall–Kier alpha value is -1.98. The van der Waals surface area contributed by atoms with Gasteiger partial charge in [0.15, 0.2) is 0 Å². The zero-order valence-corrected chi connectivity index (χ0v) is 10.5. The smallest absolute Gasteiger partial charge is 0.419 e. The van der Waals surface area contributed by atoms with Gasteiger partial charge in [-0.1, -0.05) is 12.1 Å². The third-order valence-electron chi connectivity index (χ3n) is 2.33. The fourth-order valence-corrected chi connectivity index (χ4v) is 1.33. The highest BCUT2D eigenvalue weighted by Gasteiger charge is 2.33. The summed E-state index contributed by atoms with van der Waals surface area (Å²) in [6.45, 7) is 1.35. The van der Waals surface area contributed by atoms with Crippen LogP contribution in [0.3, 0.4) is 0 Å². The van der Waals surface area contributed by atoms with Crippen LogP contribution in [0.2, 0.25) is 0 Å². The van der Waals surface area contributed by atoms with Crippen LogP contribution < -0.4 is 4.74 Å². The van der Waals surface area contributed by atoms with Crippen LogP contribution in [0.25, 0.3) is 0 Å². The lowest BCUT2D eigenvalue weighted by Crippen LogP contribution is -2.09. The molecule has 0 bridgehead atoms. The molecule has 104 valence electrons. The minimum atomic E-state index is -4.47. The van der Waals surface area contributed by atoms with E-state index < -0.39 is 17.7 Å². The van der Waals surface area contributed by atoms with Gasteiger partial charge in [-0.15, -0.1) is 0 Å². The van der Waals surface area contributed by atoms with Gasteiger partial charge in [0, 0.05) is 5.57 Å². The fourth-order valence-electron chi connectivity index (χ4n) is 1.33. The highest BCUT2D eigenvalue weighted by molar-refractivity contribution is 5.87. The van der Waals surface area contributed by atoms with E-state index in [2.05, 4.69) is 4.74 Å². The fraction of sp³-hybridized carbons (Fsp3) is 0.308. The van der Waals surface area contributed by atoms with E-state index in [0.717, 1.165) is 6.07 Å². The SMILES string of the molecule is COC(=O)C(C)=CCOc1ccccc1C(F)(F)F. The normalized spacial score (nSPS) is 12.2. The number of rotatable bonds is 4. The average molecular weight is 274 g/mol. The number of ether oxygens (including phenoxy) is 2. The lowest BCUT2D eigenvalue weighted by molar-refractivity contribution is -0.139. The molecular weight excluding hydrogens is 261 g/mol. The molecular formula is C13H13F3O3. The molecule has 6 heteroatoms. The highest BCUT2D eigenvalue weighted by atomic mass is 19.4. The van der Waals surface area contributed by atoms with Gasteiger partial charge in [-0.05, 0) is 25.1 Å². The van der Waals surface area contributed by atoms with Crippen molar-refractivity contribution in [3.05, 3.63) is 41.5 Å². The Morgan fingerprint density at radius 3 is 2.53 bits per heavy atom. The largest absolute Gasteiger partial charge is 0.489 e. The second kappa shape index (κ2) is 6.26. The lowest BCUT2D eigenvalue weighted by atomic mass is 10.2. The molecule has 0 radical (unpaired) electrons. The quantitative estimate of drug-likeness (QED) is 0.624. The summed E-state index contributed by atoms with van der Waals surface area (Å²) < 4.78 is 47.4. The van der Waals surface area contributed by atoms with Crippen molar-refractivity contribution in [2.45, 2.75) is 13.1 Å². The van der Waals surface area contributed by atoms with Crippen LogP contribution in [0.4, 0.5) is 13.2 Å². The predicted octanol–water partition coefficient (Wildman–Crippen LogP) is 3.20. The summed E-state index contributed by atoms with van der Waals surface area (Å²) in [6.07, 6.45) is -3.11. The van der Waals surface area contributed by atoms with Gasteiger partial charge in [0.2, 0.25) is 0 Å². The molecule has 0 aliphatic heterocycles. The van der Waals surface area contributed by atoms with Gasteiger partial charge < -0.3 is 9.47 Å². The number of esters is 1. The molecule has 0 aromatic heterocycles. The van der Waals surface area contributed by atoms with Crippen molar-refractivity contribution in [2.75, 3.05) is 13.7 Å². The molecule has 0 saturated carbocycles. The molecule has 1 aromatic carbocycles. The van der Waals surface area contributed by atoms with Crippen molar-refractivity contribution in [1.29, 1.82) is 0 Å². The van der Waals surface area contributed by atoms with Crippen LogP contribution in [0, 0.1) is 0 Å². The molecule has 0 spiro atoms. The molecule has 0 aliphatic rings. The number of para-hydroxylation sites is 1. The first kappa shape index (κ1) is 15.1. The number of methoxy groups -OCH3 is 1. The van der Waals surface area contributed by atoms with Crippen LogP contribution in [0.15, 0.2) is 35.9 Å². The standard InChI is InChI=1S/C13H13F3O3/c1-9(12(17)18-2)7-8-19-11-6-4-3-5-10(11)13(14,15)16/h3-7H,8H2,1-2H3. The maximum atomic E-state index is 12.6. The monoisotopic (exact) mass is 274 g/mol. The van der Waals surface area contributed by atoms with Gasteiger partial charge in [0.25, 0.3) is 0 Å². The molecule has 19 heavy (non-hydrogen) atoms. The predicted molar refractivity (Wildman–Crippen MR) is 62.7 cm³/mol. The third kappa shape index (κ3) is 4.31. The molecule has 0 heterocycles. The summed E-state index contributed by atoms with van der Waals surface area (Å²) in [5.74, 6) is -0.823. The Morgan fingerprint density at radius 2 is 1.95 bits per heavy atom. The van der Waals surface area contributed by atoms with Crippen molar-refractivity contribution >= 4 is 5.97 Å². The summed E-state index contributed by atoms with van der Waals surface area (Å²) in [4.78, 5) is 11.1. The van der Waals surface area contributed by atoms with Gasteiger partial charge in [-0.3, -0.25) is 0 Å². The van der Waals surface area contributed by atoms with Crippen LogP contribution >= 0.6 is 0 Å². The first-order valence-corrected chi connectivity index (χ1v) is 5.40. The van der Waals surface area contributed by atoms with E-state index in [4.69, 9.17) is 4.74 Å². The highest BCUT2D eigenvalue weighted by Crippen LogP contribution is 2.35. The first-order valence-electron chi connectivity index (χ1n) is 5.40. The lowest BCUT2D eigenvalue weighted by Gasteiger charge is -2.12. The van der Waals surface area contributed by atoms with E-state index in [1.54, 1.807) is 0 Å². The zero-order chi connectivity index (χ0) is 14.5. The zero-order valence-electron chi connectivity index (χ0n) is 10.5. The molecule has 0 amide bonds. The van der Waals surface area contributed by atoms with E-state index in [1.807, 2.05) is 0 Å². The second-order valence-corrected chi connectivity index (χ2v) is 3.68. The Kier molecular flexibility index (Phi) is 4.97. The first-order chi connectivity index (χ1) is 8.86. The van der Waals surface area contributed by atoms with E-state index >= 15 is 0 Å². The number of carbonyl (C=O) groups excluding carboxylic acids is 1. The van der Waals surface area contributed by atoms with Crippen molar-refractivity contribution in [3.63, 3.8) is 0 Å². The van der Waals surface area contributed by atoms with Crippen molar-refractivity contribution in [2.24, 2.45) is 0 Å². The average Bonchev–Trinajstić information content (AvgIpc) is 2.37. The molecule has 0 fully saturated rings. The molecule has 1 aromatic rings. The molecule has 0 saturated heterocycles. The van der Waals surface area contributed by atoms with Crippen molar-refractivity contribution in [1.82, 2.24) is 0 Å². The minimum Gasteiger partial charge on any atom is -0.489 e. The van der Waals surface area contributed by atoms with Gasteiger partial charge in [0.05, 0.1) is 12.7 Å². The second-order valence-electron chi connectivity index (χ2n) is 3.68. The van der Waals surface area contributed by atoms with Gasteiger partial charge in [0.1, 0.15) is 12.4 Å². The number of halogens is 3. The Morgan fingerprint density at radius 1 is 1.32 bits per heavy atom. The van der Waals surface area contributed by atoms with Crippen LogP contribution in [-0.2, 0) is 15.7 Å². The summed E-state index contributed by atoms with van der Waals surface area (Å²) in [7, 11) is 1.22. The Labute approximate surface area is 108 Å². The molecule has 3 nitrogen and oxygen atoms in total. The summed E-state index contributed by atoms with van der Waals surface area (Å²) >= 11 is 0. The Bertz CT molecular complexity index is 478. The molecule has 0 unspecified atom stereocenters. The van der Waals surface area contributed by atoms with Crippen molar-refractivity contribution in [3.8, 4) is 5.75 Å². The van der Waals surface area contributed by atoms with E-state index in [0.29, 0.717) is 0 Å². The maximum Gasteiger partial charge on any atom is 0.419 e. The number of carbonyl (C=O) groups is 1. The molecule has 0 atom stereocenters. The number of hydrogen-bond acceptors (Lipinski definition) is 3. The van der Waals surface area contributed by atoms with Crippen LogP contribution in [0.1, 0.15) is 12.5 Å². The Balaban J connectivity index is 2.77. The van der Waals surface area contributed by atoms with Crippen LogP contribution in [0.5, 0.6) is 5.75 Å². The van der Waals surface area contributed by atoms with Crippen molar-refractivity contribution < 1.29 is 27.4 Å². The number of alkyl halides is 3. The third-order valence-corrected chi connectivity index (χ3v) is 2.33. The molecule has 0 N–H and O–H groups in total. The van der Waals surface area contributed by atoms with Crippen LogP contribution in [-0.4, -0.2) is 19.7 Å².